The first-order valence-electron chi connectivity index (χ1n) is 2.72. The van der Waals surface area contributed by atoms with E-state index in [0.29, 0.717) is 0 Å². The van der Waals surface area contributed by atoms with Crippen molar-refractivity contribution in [1.29, 1.82) is 0 Å². The maximum absolute atomic E-state index is 8.89. The van der Waals surface area contributed by atoms with Crippen LogP contribution in [0.5, 0.6) is 0 Å². The van der Waals surface area contributed by atoms with Gasteiger partial charge in [0, 0.05) is 17.9 Å². The van der Waals surface area contributed by atoms with Crippen LogP contribution >= 0.6 is 0 Å². The average Bonchev–Trinajstić information content (AvgIpc) is 1.54. The quantitative estimate of drug-likeness (QED) is 0.395. The van der Waals surface area contributed by atoms with Crippen LogP contribution in [0.1, 0.15) is 20.8 Å². The van der Waals surface area contributed by atoms with Gasteiger partial charge in [0.1, 0.15) is 0 Å². The van der Waals surface area contributed by atoms with Gasteiger partial charge in [0.2, 0.25) is 0 Å². The van der Waals surface area contributed by atoms with E-state index in [1.165, 1.54) is 0 Å². The van der Waals surface area contributed by atoms with Gasteiger partial charge in [0.15, 0.2) is 0 Å². The zero-order valence-corrected chi connectivity index (χ0v) is 17.4. The molecule has 0 saturated carbocycles. The Labute approximate surface area is 171 Å². The van der Waals surface area contributed by atoms with Gasteiger partial charge in [-0.3, -0.25) is 0 Å². The minimum atomic E-state index is -1.08. The summed E-state index contributed by atoms with van der Waals surface area (Å²) < 4.78 is 0. The minimum absolute atomic E-state index is 0. The second-order valence-corrected chi connectivity index (χ2v) is 1.47. The standard InChI is InChI=1S/3C2H4O2.3Na.3H2O/c3*1-2(3)4;;;;;;/h3*1H3,(H,3,4);;;;3*1H2/q;;;3*+1;;;/p-3. The molecule has 0 aliphatic carbocycles. The number of aliphatic carboxylic acids is 3. The smallest absolute Gasteiger partial charge is 0.550 e. The van der Waals surface area contributed by atoms with Crippen molar-refractivity contribution in [3.63, 3.8) is 0 Å². The Morgan fingerprint density at radius 2 is 0.556 bits per heavy atom. The number of carboxylic acids is 3. The molecule has 6 N–H and O–H groups in total. The van der Waals surface area contributed by atoms with Crippen molar-refractivity contribution in [3.05, 3.63) is 0 Å². The topological polar surface area (TPSA) is 215 Å². The zero-order valence-electron chi connectivity index (χ0n) is 11.4. The van der Waals surface area contributed by atoms with E-state index in [9.17, 15) is 0 Å². The molecule has 0 aliphatic rings. The van der Waals surface area contributed by atoms with E-state index in [1.807, 2.05) is 0 Å². The molecular weight excluding hydrogens is 285 g/mol. The third-order valence-corrected chi connectivity index (χ3v) is 0. The third kappa shape index (κ3) is 2760. The first kappa shape index (κ1) is 60.9. The Bertz CT molecular complexity index is 124. The van der Waals surface area contributed by atoms with E-state index in [1.54, 1.807) is 0 Å². The summed E-state index contributed by atoms with van der Waals surface area (Å²) in [6.07, 6.45) is 0. The second-order valence-electron chi connectivity index (χ2n) is 1.47. The Morgan fingerprint density at radius 1 is 0.556 bits per heavy atom. The summed E-state index contributed by atoms with van der Waals surface area (Å²) in [5.41, 5.74) is 0. The number of rotatable bonds is 0. The van der Waals surface area contributed by atoms with Crippen LogP contribution in [0.25, 0.3) is 0 Å². The number of carbonyl (C=O) groups is 3. The van der Waals surface area contributed by atoms with Gasteiger partial charge in [0.05, 0.1) is 0 Å². The predicted octanol–water partition coefficient (Wildman–Crippen LogP) is -15.2. The van der Waals surface area contributed by atoms with Crippen LogP contribution in [-0.2, 0) is 14.4 Å². The molecule has 0 radical (unpaired) electrons. The van der Waals surface area contributed by atoms with Crippen molar-refractivity contribution in [2.45, 2.75) is 20.8 Å². The Kier molecular flexibility index (Phi) is 175. The summed E-state index contributed by atoms with van der Waals surface area (Å²) in [4.78, 5) is 26.7. The van der Waals surface area contributed by atoms with Crippen LogP contribution in [0.15, 0.2) is 0 Å². The van der Waals surface area contributed by atoms with Crippen molar-refractivity contribution >= 4 is 17.9 Å². The molecule has 0 aromatic carbocycles. The van der Waals surface area contributed by atoms with Gasteiger partial charge in [-0.1, -0.05) is 0 Å². The SMILES string of the molecule is CC(=O)[O-].CC(=O)[O-].CC(=O)[O-].O.O.O.[Na+].[Na+].[Na+]. The maximum Gasteiger partial charge on any atom is 1.00 e. The zero-order chi connectivity index (χ0) is 10.7. The Hall–Kier alpha value is 1.29. The third-order valence-electron chi connectivity index (χ3n) is 0. The van der Waals surface area contributed by atoms with Gasteiger partial charge in [-0.25, -0.2) is 0 Å². The number of hydrogen-bond acceptors (Lipinski definition) is 6. The van der Waals surface area contributed by atoms with Gasteiger partial charge >= 0.3 is 88.7 Å². The van der Waals surface area contributed by atoms with E-state index in [0.717, 1.165) is 20.8 Å². The van der Waals surface area contributed by atoms with Crippen LogP contribution in [0.3, 0.4) is 0 Å². The van der Waals surface area contributed by atoms with E-state index in [-0.39, 0.29) is 105 Å². The molecule has 0 heterocycles. The minimum Gasteiger partial charge on any atom is -0.550 e. The average molecular weight is 300 g/mol. The molecule has 0 unspecified atom stereocenters. The molecule has 18 heavy (non-hydrogen) atoms. The van der Waals surface area contributed by atoms with Crippen LogP contribution in [0.2, 0.25) is 0 Å². The molecule has 9 nitrogen and oxygen atoms in total. The molecule has 0 aromatic heterocycles. The molecule has 0 aliphatic heterocycles. The Balaban J connectivity index is -0.00000000827. The van der Waals surface area contributed by atoms with E-state index < -0.39 is 17.9 Å². The van der Waals surface area contributed by atoms with Gasteiger partial charge in [-0.2, -0.15) is 0 Å². The fourth-order valence-corrected chi connectivity index (χ4v) is 0. The van der Waals surface area contributed by atoms with Gasteiger partial charge in [-0.05, 0) is 20.8 Å². The van der Waals surface area contributed by atoms with Crippen molar-refractivity contribution in [2.75, 3.05) is 0 Å². The van der Waals surface area contributed by atoms with Crippen LogP contribution < -0.4 is 104 Å². The monoisotopic (exact) mass is 300 g/mol. The molecule has 0 saturated heterocycles. The molecule has 0 rings (SSSR count). The predicted molar refractivity (Wildman–Crippen MR) is 42.9 cm³/mol. The second kappa shape index (κ2) is 51.6. The molecule has 0 amide bonds. The molecule has 0 bridgehead atoms. The molecule has 0 atom stereocenters. The molecule has 12 heteroatoms. The first-order valence-corrected chi connectivity index (χ1v) is 2.72. The molecule has 0 aromatic rings. The largest absolute Gasteiger partial charge is 1.00 e. The van der Waals surface area contributed by atoms with Gasteiger partial charge in [0.25, 0.3) is 0 Å². The summed E-state index contributed by atoms with van der Waals surface area (Å²) in [7, 11) is 0. The van der Waals surface area contributed by atoms with Crippen molar-refractivity contribution < 1.29 is 135 Å². The normalized spacial score (nSPS) is 4.17. The summed E-state index contributed by atoms with van der Waals surface area (Å²) >= 11 is 0. The Morgan fingerprint density at radius 3 is 0.556 bits per heavy atom. The van der Waals surface area contributed by atoms with E-state index >= 15 is 0 Å². The van der Waals surface area contributed by atoms with Crippen molar-refractivity contribution in [2.24, 2.45) is 0 Å². The van der Waals surface area contributed by atoms with Crippen LogP contribution in [0.4, 0.5) is 0 Å². The first-order chi connectivity index (χ1) is 5.20. The summed E-state index contributed by atoms with van der Waals surface area (Å²) in [5.74, 6) is -3.25. The van der Waals surface area contributed by atoms with Crippen LogP contribution in [-0.4, -0.2) is 34.3 Å². The van der Waals surface area contributed by atoms with Gasteiger partial charge < -0.3 is 46.1 Å². The fraction of sp³-hybridized carbons (Fsp3) is 0.500. The van der Waals surface area contributed by atoms with Crippen LogP contribution in [0, 0.1) is 0 Å². The van der Waals surface area contributed by atoms with E-state index in [4.69, 9.17) is 29.7 Å². The number of hydrogen-bond donors (Lipinski definition) is 0. The maximum atomic E-state index is 8.89. The summed E-state index contributed by atoms with van der Waals surface area (Å²) in [6, 6.07) is 0. The summed E-state index contributed by atoms with van der Waals surface area (Å²) in [5, 5.41) is 26.7. The molecular formula is C6H15Na3O9. The summed E-state index contributed by atoms with van der Waals surface area (Å²) in [6.45, 7) is 2.92. The van der Waals surface area contributed by atoms with Crippen molar-refractivity contribution in [3.8, 4) is 0 Å². The molecule has 96 valence electrons. The molecule has 0 fully saturated rings. The fourth-order valence-electron chi connectivity index (χ4n) is 0. The van der Waals surface area contributed by atoms with Crippen molar-refractivity contribution in [1.82, 2.24) is 0 Å². The number of carbonyl (C=O) groups excluding carboxylic acids is 3. The number of carboxylic acid groups (broad SMARTS) is 3. The molecule has 0 spiro atoms. The van der Waals surface area contributed by atoms with Gasteiger partial charge in [-0.15, -0.1) is 0 Å². The van der Waals surface area contributed by atoms with E-state index in [2.05, 4.69) is 0 Å².